The number of carbonyl (C=O) groups is 4. The quantitative estimate of drug-likeness (QED) is 0.0259. The molecule has 0 heterocycles. The van der Waals surface area contributed by atoms with Crippen LogP contribution in [0.1, 0.15) is 27.8 Å². The lowest BCUT2D eigenvalue weighted by molar-refractivity contribution is -0.121. The van der Waals surface area contributed by atoms with E-state index in [1.54, 1.807) is 116 Å². The van der Waals surface area contributed by atoms with Crippen molar-refractivity contribution in [2.75, 3.05) is 61.5 Å². The lowest BCUT2D eigenvalue weighted by atomic mass is 10.1. The molecule has 0 aliphatic heterocycles. The third-order valence-corrected chi connectivity index (χ3v) is 12.8. The highest BCUT2D eigenvalue weighted by Crippen LogP contribution is 2.20. The predicted octanol–water partition coefficient (Wildman–Crippen LogP) is 5.47. The first kappa shape index (κ1) is 52.0. The van der Waals surface area contributed by atoms with Gasteiger partial charge in [-0.1, -0.05) is 109 Å². The van der Waals surface area contributed by atoms with Crippen LogP contribution in [0.4, 0.5) is 0 Å². The molecule has 4 amide bonds. The maximum atomic E-state index is 11.9. The number of benzene rings is 4. The fraction of sp³-hybridized carbons (Fsp3) is 0.349. The third-order valence-electron chi connectivity index (χ3n) is 7.71. The average molecular weight is 916 g/mol. The number of rotatable bonds is 23. The second-order valence-electron chi connectivity index (χ2n) is 12.9. The summed E-state index contributed by atoms with van der Waals surface area (Å²) in [6, 6.07) is 27.9. The minimum Gasteiger partial charge on any atom is -0.508 e. The van der Waals surface area contributed by atoms with Gasteiger partial charge in [-0.25, -0.2) is 0 Å². The van der Waals surface area contributed by atoms with Gasteiger partial charge in [0.15, 0.2) is 0 Å². The van der Waals surface area contributed by atoms with Crippen molar-refractivity contribution >= 4 is 79.4 Å². The molecule has 12 nitrogen and oxygen atoms in total. The molecule has 4 aromatic carbocycles. The molecule has 0 saturated heterocycles. The smallest absolute Gasteiger partial charge is 0.224 e. The summed E-state index contributed by atoms with van der Waals surface area (Å²) < 4.78 is 0. The molecule has 0 aliphatic carbocycles. The Kier molecular flexibility index (Phi) is 28.3. The first-order valence-electron chi connectivity index (χ1n) is 19.2. The van der Waals surface area contributed by atoms with Gasteiger partial charge >= 0.3 is 0 Å². The zero-order valence-corrected chi connectivity index (χ0v) is 37.9. The van der Waals surface area contributed by atoms with Crippen molar-refractivity contribution in [1.82, 2.24) is 21.3 Å². The summed E-state index contributed by atoms with van der Waals surface area (Å²) in [7, 11) is 6.80. The SMILES string of the molecule is Cc1ccc(CC(=O)NCCSSCCNC(=O)Cc2ccc(O)cc2)cc1.NCCSSCCNC(=O)Cc1ccc(O)cc1.O=C(Cc1ccc(O)cc1)NCCS. The van der Waals surface area contributed by atoms with E-state index in [0.717, 1.165) is 45.3 Å². The molecule has 0 aromatic heterocycles. The van der Waals surface area contributed by atoms with Crippen LogP contribution < -0.4 is 27.0 Å². The van der Waals surface area contributed by atoms with Gasteiger partial charge in [-0.3, -0.25) is 19.2 Å². The van der Waals surface area contributed by atoms with Crippen LogP contribution in [-0.4, -0.2) is 100 Å². The van der Waals surface area contributed by atoms with Gasteiger partial charge in [0.25, 0.3) is 0 Å². The molecule has 17 heteroatoms. The van der Waals surface area contributed by atoms with E-state index >= 15 is 0 Å². The number of nitrogens with two attached hydrogens (primary N) is 1. The van der Waals surface area contributed by atoms with Crippen molar-refractivity contribution < 1.29 is 34.5 Å². The number of phenols is 3. The van der Waals surface area contributed by atoms with Crippen LogP contribution in [0, 0.1) is 6.92 Å². The van der Waals surface area contributed by atoms with Crippen LogP contribution in [0.5, 0.6) is 17.2 Å². The number of hydrogen-bond acceptors (Lipinski definition) is 13. The van der Waals surface area contributed by atoms with Gasteiger partial charge in [-0.05, 0) is 65.6 Å². The second-order valence-corrected chi connectivity index (χ2v) is 18.7. The molecule has 0 bridgehead atoms. The van der Waals surface area contributed by atoms with E-state index in [2.05, 4.69) is 33.9 Å². The van der Waals surface area contributed by atoms with Crippen LogP contribution in [-0.2, 0) is 44.9 Å². The summed E-state index contributed by atoms with van der Waals surface area (Å²) in [5.41, 5.74) is 10.2. The van der Waals surface area contributed by atoms with E-state index in [9.17, 15) is 24.3 Å². The number of amides is 4. The lowest BCUT2D eigenvalue weighted by Gasteiger charge is -2.07. The maximum Gasteiger partial charge on any atom is 0.224 e. The molecule has 326 valence electrons. The van der Waals surface area contributed by atoms with Crippen molar-refractivity contribution in [2.45, 2.75) is 32.6 Å². The van der Waals surface area contributed by atoms with Crippen molar-refractivity contribution in [1.29, 1.82) is 0 Å². The fourth-order valence-electron chi connectivity index (χ4n) is 4.71. The fourth-order valence-corrected chi connectivity index (χ4v) is 8.40. The van der Waals surface area contributed by atoms with Crippen LogP contribution >= 0.6 is 55.8 Å². The number of carbonyl (C=O) groups excluding carboxylic acids is 4. The topological polar surface area (TPSA) is 203 Å². The Morgan fingerprint density at radius 3 is 1.02 bits per heavy atom. The monoisotopic (exact) mass is 915 g/mol. The zero-order valence-electron chi connectivity index (χ0n) is 33.8. The van der Waals surface area contributed by atoms with Gasteiger partial charge in [0, 0.05) is 61.5 Å². The summed E-state index contributed by atoms with van der Waals surface area (Å²) in [4.78, 5) is 46.6. The highest BCUT2D eigenvalue weighted by atomic mass is 33.1. The normalized spacial score (nSPS) is 10.2. The summed E-state index contributed by atoms with van der Waals surface area (Å²) in [5.74, 6) is 4.71. The molecule has 0 radical (unpaired) electrons. The molecule has 4 aromatic rings. The highest BCUT2D eigenvalue weighted by Gasteiger charge is 2.06. The van der Waals surface area contributed by atoms with Gasteiger partial charge in [0.1, 0.15) is 17.2 Å². The molecule has 9 N–H and O–H groups in total. The summed E-state index contributed by atoms with van der Waals surface area (Å²) in [6.07, 6.45) is 1.41. The average Bonchev–Trinajstić information content (AvgIpc) is 3.23. The summed E-state index contributed by atoms with van der Waals surface area (Å²) in [6.45, 7) is 5.20. The molecule has 0 fully saturated rings. The maximum absolute atomic E-state index is 11.9. The summed E-state index contributed by atoms with van der Waals surface area (Å²) >= 11 is 3.99. The van der Waals surface area contributed by atoms with E-state index in [1.165, 1.54) is 5.56 Å². The highest BCUT2D eigenvalue weighted by molar-refractivity contribution is 8.77. The van der Waals surface area contributed by atoms with Crippen molar-refractivity contribution in [3.63, 3.8) is 0 Å². The molecule has 0 spiro atoms. The van der Waals surface area contributed by atoms with E-state index in [0.29, 0.717) is 64.2 Å². The van der Waals surface area contributed by atoms with Crippen LogP contribution in [0.25, 0.3) is 0 Å². The van der Waals surface area contributed by atoms with E-state index in [1.807, 2.05) is 31.2 Å². The van der Waals surface area contributed by atoms with Crippen molar-refractivity contribution in [3.05, 3.63) is 125 Å². The number of thiol groups is 1. The standard InChI is InChI=1S/C21H26N2O3S2.C12H18N2O2S2.C10H13NO2S/c1-16-2-4-17(5-3-16)14-20(25)22-10-12-27-28-13-11-23-21(26)15-18-6-8-19(24)9-7-18;13-5-7-17-18-8-6-14-12(16)9-10-1-3-11(15)4-2-10;12-9-3-1-8(2-4-9)7-10(13)11-5-6-14/h2-9,24H,10-15H2,1H3,(H,22,25)(H,23,26);1-4,15H,5-9,13H2,(H,14,16);1-4,12,14H,5-7H2,(H,11,13). The number of phenolic OH excluding ortho intramolecular Hbond substituents is 3. The van der Waals surface area contributed by atoms with Gasteiger partial charge in [-0.2, -0.15) is 12.6 Å². The van der Waals surface area contributed by atoms with Crippen LogP contribution in [0.3, 0.4) is 0 Å². The molecule has 0 atom stereocenters. The largest absolute Gasteiger partial charge is 0.508 e. The van der Waals surface area contributed by atoms with E-state index < -0.39 is 0 Å². The van der Waals surface area contributed by atoms with Crippen LogP contribution in [0.2, 0.25) is 0 Å². The minimum absolute atomic E-state index is 0.00474. The number of nitrogens with one attached hydrogen (secondary N) is 4. The molecular weight excluding hydrogens is 859 g/mol. The Balaban J connectivity index is 0.000000333. The Hall–Kier alpha value is -4.13. The second kappa shape index (κ2) is 32.6. The summed E-state index contributed by atoms with van der Waals surface area (Å²) in [5, 5.41) is 38.8. The Bertz CT molecular complexity index is 1740. The minimum atomic E-state index is -0.0281. The Morgan fingerprint density at radius 2 is 0.733 bits per heavy atom. The Labute approximate surface area is 375 Å². The number of aryl methyl sites for hydroxylation is 1. The van der Waals surface area contributed by atoms with Gasteiger partial charge in [-0.15, -0.1) is 0 Å². The predicted molar refractivity (Wildman–Crippen MR) is 255 cm³/mol. The first-order valence-corrected chi connectivity index (χ1v) is 24.8. The lowest BCUT2D eigenvalue weighted by Crippen LogP contribution is -2.27. The third kappa shape index (κ3) is 26.9. The molecule has 4 rings (SSSR count). The first-order chi connectivity index (χ1) is 29.0. The molecule has 60 heavy (non-hydrogen) atoms. The molecule has 0 aliphatic rings. The van der Waals surface area contributed by atoms with Gasteiger partial charge in [0.05, 0.1) is 25.7 Å². The number of aromatic hydroxyl groups is 3. The van der Waals surface area contributed by atoms with E-state index in [-0.39, 0.29) is 40.9 Å². The van der Waals surface area contributed by atoms with Crippen molar-refractivity contribution in [2.24, 2.45) is 5.73 Å². The molecule has 0 saturated carbocycles. The van der Waals surface area contributed by atoms with E-state index in [4.69, 9.17) is 15.9 Å². The van der Waals surface area contributed by atoms with Gasteiger partial charge in [0.2, 0.25) is 23.6 Å². The molecule has 0 unspecified atom stereocenters. The van der Waals surface area contributed by atoms with Gasteiger partial charge < -0.3 is 42.3 Å². The zero-order chi connectivity index (χ0) is 43.8. The number of hydrogen-bond donors (Lipinski definition) is 9. The van der Waals surface area contributed by atoms with Crippen molar-refractivity contribution in [3.8, 4) is 17.2 Å². The van der Waals surface area contributed by atoms with Crippen LogP contribution in [0.15, 0.2) is 97.1 Å². The molecular formula is C43H57N5O7S5. The Morgan fingerprint density at radius 1 is 0.467 bits per heavy atom.